The van der Waals surface area contributed by atoms with Gasteiger partial charge in [0.25, 0.3) is 0 Å². The van der Waals surface area contributed by atoms with Gasteiger partial charge in [-0.3, -0.25) is 0 Å². The molecule has 2 aromatic rings. The molecule has 0 heterocycles. The third-order valence-electron chi connectivity index (χ3n) is 2.55. The Balaban J connectivity index is 2.43. The van der Waals surface area contributed by atoms with E-state index in [1.807, 2.05) is 66.6 Å². The average Bonchev–Trinajstić information content (AvgIpc) is 2.38. The highest BCUT2D eigenvalue weighted by molar-refractivity contribution is 5.52. The highest BCUT2D eigenvalue weighted by atomic mass is 16.1. The predicted octanol–water partition coefficient (Wildman–Crippen LogP) is 3.21. The molecule has 0 bridgehead atoms. The Hall–Kier alpha value is -2.11. The SMILES string of the molecule is O=C=CC(c1ccccc1)c1ccccc1. The molecule has 0 aliphatic rings. The van der Waals surface area contributed by atoms with Gasteiger partial charge in [-0.15, -0.1) is 0 Å². The molecule has 0 aliphatic carbocycles. The van der Waals surface area contributed by atoms with Crippen LogP contribution in [0.3, 0.4) is 0 Å². The van der Waals surface area contributed by atoms with Gasteiger partial charge in [-0.2, -0.15) is 0 Å². The van der Waals surface area contributed by atoms with Gasteiger partial charge in [0.2, 0.25) is 0 Å². The third kappa shape index (κ3) is 2.28. The van der Waals surface area contributed by atoms with Crippen LogP contribution in [-0.4, -0.2) is 5.94 Å². The van der Waals surface area contributed by atoms with E-state index >= 15 is 0 Å². The Morgan fingerprint density at radius 3 is 1.62 bits per heavy atom. The minimum absolute atomic E-state index is 0.0000926. The highest BCUT2D eigenvalue weighted by Crippen LogP contribution is 2.24. The third-order valence-corrected chi connectivity index (χ3v) is 2.55. The van der Waals surface area contributed by atoms with Gasteiger partial charge in [0.1, 0.15) is 5.94 Å². The molecule has 78 valence electrons. The summed E-state index contributed by atoms with van der Waals surface area (Å²) in [6.45, 7) is 0. The van der Waals surface area contributed by atoms with Gasteiger partial charge in [0.05, 0.1) is 0 Å². The first-order chi connectivity index (χ1) is 7.92. The predicted molar refractivity (Wildman–Crippen MR) is 65.0 cm³/mol. The molecule has 2 rings (SSSR count). The van der Waals surface area contributed by atoms with Crippen molar-refractivity contribution in [1.29, 1.82) is 0 Å². The standard InChI is InChI=1S/C15H12O/c16-12-11-15(13-7-3-1-4-8-13)14-9-5-2-6-10-14/h1-11,15H. The van der Waals surface area contributed by atoms with Crippen LogP contribution in [0.4, 0.5) is 0 Å². The maximum Gasteiger partial charge on any atom is 0.121 e. The van der Waals surface area contributed by atoms with E-state index in [2.05, 4.69) is 0 Å². The lowest BCUT2D eigenvalue weighted by Gasteiger charge is -2.11. The summed E-state index contributed by atoms with van der Waals surface area (Å²) in [4.78, 5) is 10.6. The van der Waals surface area contributed by atoms with E-state index in [9.17, 15) is 4.79 Å². The molecule has 0 N–H and O–H groups in total. The van der Waals surface area contributed by atoms with E-state index in [-0.39, 0.29) is 5.92 Å². The highest BCUT2D eigenvalue weighted by Gasteiger charge is 2.09. The van der Waals surface area contributed by atoms with Gasteiger partial charge in [0, 0.05) is 12.0 Å². The molecule has 16 heavy (non-hydrogen) atoms. The molecular formula is C15H12O. The lowest BCUT2D eigenvalue weighted by molar-refractivity contribution is 0.568. The maximum atomic E-state index is 10.6. The zero-order valence-corrected chi connectivity index (χ0v) is 8.84. The fourth-order valence-corrected chi connectivity index (χ4v) is 1.77. The number of rotatable bonds is 3. The van der Waals surface area contributed by atoms with E-state index in [0.29, 0.717) is 0 Å². The van der Waals surface area contributed by atoms with Crippen LogP contribution in [0.15, 0.2) is 66.7 Å². The molecule has 0 aromatic heterocycles. The molecule has 0 radical (unpaired) electrons. The van der Waals surface area contributed by atoms with Crippen LogP contribution in [-0.2, 0) is 4.79 Å². The Morgan fingerprint density at radius 1 is 0.812 bits per heavy atom. The van der Waals surface area contributed by atoms with Crippen LogP contribution in [0.5, 0.6) is 0 Å². The summed E-state index contributed by atoms with van der Waals surface area (Å²) in [5.41, 5.74) is 2.22. The van der Waals surface area contributed by atoms with Crippen LogP contribution in [0.1, 0.15) is 17.0 Å². The molecule has 0 atom stereocenters. The zero-order valence-electron chi connectivity index (χ0n) is 8.84. The lowest BCUT2D eigenvalue weighted by Crippen LogP contribution is -1.97. The van der Waals surface area contributed by atoms with Crippen molar-refractivity contribution < 1.29 is 4.79 Å². The molecular weight excluding hydrogens is 196 g/mol. The molecule has 0 fully saturated rings. The van der Waals surface area contributed by atoms with Gasteiger partial charge in [-0.1, -0.05) is 60.7 Å². The van der Waals surface area contributed by atoms with Crippen molar-refractivity contribution in [3.8, 4) is 0 Å². The first-order valence-corrected chi connectivity index (χ1v) is 5.22. The van der Waals surface area contributed by atoms with E-state index in [1.54, 1.807) is 6.08 Å². The summed E-state index contributed by atoms with van der Waals surface area (Å²) in [5.74, 6) is 1.89. The second-order valence-corrected chi connectivity index (χ2v) is 3.58. The van der Waals surface area contributed by atoms with E-state index in [4.69, 9.17) is 0 Å². The first kappa shape index (κ1) is 10.4. The van der Waals surface area contributed by atoms with Crippen LogP contribution >= 0.6 is 0 Å². The van der Waals surface area contributed by atoms with E-state index in [1.165, 1.54) is 0 Å². The summed E-state index contributed by atoms with van der Waals surface area (Å²) < 4.78 is 0. The molecule has 1 nitrogen and oxygen atoms in total. The summed E-state index contributed by atoms with van der Waals surface area (Å²) in [7, 11) is 0. The van der Waals surface area contributed by atoms with Crippen LogP contribution < -0.4 is 0 Å². The van der Waals surface area contributed by atoms with Gasteiger partial charge >= 0.3 is 0 Å². The van der Waals surface area contributed by atoms with Crippen LogP contribution in [0, 0.1) is 0 Å². The van der Waals surface area contributed by atoms with Crippen molar-refractivity contribution in [3.05, 3.63) is 77.9 Å². The second-order valence-electron chi connectivity index (χ2n) is 3.58. The molecule has 0 amide bonds. The monoisotopic (exact) mass is 208 g/mol. The average molecular weight is 208 g/mol. The Labute approximate surface area is 95.1 Å². The number of carbonyl (C=O) groups excluding carboxylic acids is 1. The Morgan fingerprint density at radius 2 is 1.25 bits per heavy atom. The number of hydrogen-bond acceptors (Lipinski definition) is 1. The quantitative estimate of drug-likeness (QED) is 0.708. The second kappa shape index (κ2) is 5.11. The number of benzene rings is 2. The van der Waals surface area contributed by atoms with Gasteiger partial charge < -0.3 is 0 Å². The summed E-state index contributed by atoms with van der Waals surface area (Å²) >= 11 is 0. The Kier molecular flexibility index (Phi) is 3.32. The minimum Gasteiger partial charge on any atom is -0.234 e. The lowest BCUT2D eigenvalue weighted by atomic mass is 9.91. The smallest absolute Gasteiger partial charge is 0.121 e. The first-order valence-electron chi connectivity index (χ1n) is 5.22. The van der Waals surface area contributed by atoms with Crippen LogP contribution in [0.25, 0.3) is 0 Å². The molecule has 1 heteroatoms. The minimum atomic E-state index is -0.0000926. The van der Waals surface area contributed by atoms with Crippen LogP contribution in [0.2, 0.25) is 0 Å². The van der Waals surface area contributed by atoms with Gasteiger partial charge in [-0.25, -0.2) is 4.79 Å². The topological polar surface area (TPSA) is 17.1 Å². The van der Waals surface area contributed by atoms with Gasteiger partial charge in [-0.05, 0) is 11.1 Å². The van der Waals surface area contributed by atoms with Crippen molar-refractivity contribution in [2.75, 3.05) is 0 Å². The molecule has 0 saturated heterocycles. The summed E-state index contributed by atoms with van der Waals surface area (Å²) in [6.07, 6.45) is 1.56. The molecule has 0 unspecified atom stereocenters. The molecule has 2 aromatic carbocycles. The summed E-state index contributed by atoms with van der Waals surface area (Å²) in [5, 5.41) is 0. The fraction of sp³-hybridized carbons (Fsp3) is 0.0667. The van der Waals surface area contributed by atoms with Gasteiger partial charge in [0.15, 0.2) is 0 Å². The Bertz CT molecular complexity index is 442. The van der Waals surface area contributed by atoms with Crippen molar-refractivity contribution >= 4 is 5.94 Å². The fourth-order valence-electron chi connectivity index (χ4n) is 1.77. The zero-order chi connectivity index (χ0) is 11.2. The molecule has 0 aliphatic heterocycles. The van der Waals surface area contributed by atoms with E-state index in [0.717, 1.165) is 11.1 Å². The number of hydrogen-bond donors (Lipinski definition) is 0. The van der Waals surface area contributed by atoms with Crippen molar-refractivity contribution in [1.82, 2.24) is 0 Å². The molecule has 0 spiro atoms. The van der Waals surface area contributed by atoms with Crippen molar-refractivity contribution in [2.45, 2.75) is 5.92 Å². The van der Waals surface area contributed by atoms with Crippen molar-refractivity contribution in [2.24, 2.45) is 0 Å². The largest absolute Gasteiger partial charge is 0.234 e. The number of allylic oxidation sites excluding steroid dienone is 1. The van der Waals surface area contributed by atoms with Crippen molar-refractivity contribution in [3.63, 3.8) is 0 Å². The van der Waals surface area contributed by atoms with E-state index < -0.39 is 0 Å². The normalized spacial score (nSPS) is 9.81. The maximum absolute atomic E-state index is 10.6. The molecule has 0 saturated carbocycles. The summed E-state index contributed by atoms with van der Waals surface area (Å²) in [6, 6.07) is 19.9.